The van der Waals surface area contributed by atoms with Crippen molar-refractivity contribution in [3.05, 3.63) is 12.2 Å². The number of unbranched alkanes of at least 4 members (excludes halogenated alkanes) is 39. The molecule has 0 bridgehead atoms. The van der Waals surface area contributed by atoms with Crippen LogP contribution in [0.4, 0.5) is 0 Å². The van der Waals surface area contributed by atoms with Gasteiger partial charge in [-0.3, -0.25) is 13.8 Å². The molecular formula is C55H112N2O6P+. The van der Waals surface area contributed by atoms with Gasteiger partial charge in [0.2, 0.25) is 5.91 Å². The highest BCUT2D eigenvalue weighted by molar-refractivity contribution is 7.47. The number of likely N-dealkylation sites (N-methyl/N-ethyl adjacent to an activating group) is 1. The van der Waals surface area contributed by atoms with Crippen LogP contribution in [0.25, 0.3) is 0 Å². The first-order valence-corrected chi connectivity index (χ1v) is 29.6. The lowest BCUT2D eigenvalue weighted by atomic mass is 10.0. The van der Waals surface area contributed by atoms with Crippen molar-refractivity contribution in [1.29, 1.82) is 0 Å². The first-order chi connectivity index (χ1) is 31.0. The summed E-state index contributed by atoms with van der Waals surface area (Å²) in [6, 6.07) is -0.841. The molecule has 3 atom stereocenters. The molecule has 0 aromatic rings. The average Bonchev–Trinajstić information content (AvgIpc) is 3.25. The molecule has 0 rings (SSSR count). The molecule has 0 aliphatic heterocycles. The van der Waals surface area contributed by atoms with E-state index in [1.54, 1.807) is 6.08 Å². The molecule has 0 spiro atoms. The molecule has 0 aromatic heterocycles. The highest BCUT2D eigenvalue weighted by Gasteiger charge is 2.27. The van der Waals surface area contributed by atoms with Crippen LogP contribution in [0.15, 0.2) is 12.2 Å². The van der Waals surface area contributed by atoms with Gasteiger partial charge in [-0.25, -0.2) is 4.57 Å². The normalized spacial score (nSPS) is 14.0. The topological polar surface area (TPSA) is 105 Å². The molecule has 0 aliphatic rings. The summed E-state index contributed by atoms with van der Waals surface area (Å²) in [6.45, 7) is 4.86. The zero-order chi connectivity index (χ0) is 47.1. The smallest absolute Gasteiger partial charge is 0.387 e. The fraction of sp³-hybridized carbons (Fsp3) is 0.945. The number of phosphoric acid groups is 1. The summed E-state index contributed by atoms with van der Waals surface area (Å²) in [5.74, 6) is -0.171. The summed E-state index contributed by atoms with van der Waals surface area (Å²) >= 11 is 0. The summed E-state index contributed by atoms with van der Waals surface area (Å²) in [6.07, 6.45) is 57.4. The molecule has 3 N–H and O–H groups in total. The third-order valence-electron chi connectivity index (χ3n) is 13.0. The molecule has 1 amide bonds. The van der Waals surface area contributed by atoms with Crippen LogP contribution in [-0.4, -0.2) is 73.4 Å². The Morgan fingerprint density at radius 1 is 0.516 bits per heavy atom. The molecule has 8 nitrogen and oxygen atoms in total. The molecule has 64 heavy (non-hydrogen) atoms. The van der Waals surface area contributed by atoms with Crippen LogP contribution in [0, 0.1) is 0 Å². The third-order valence-corrected chi connectivity index (χ3v) is 14.0. The maximum absolute atomic E-state index is 13.0. The van der Waals surface area contributed by atoms with E-state index in [9.17, 15) is 19.4 Å². The van der Waals surface area contributed by atoms with Crippen LogP contribution in [-0.2, 0) is 18.4 Å². The minimum absolute atomic E-state index is 0.0650. The van der Waals surface area contributed by atoms with Gasteiger partial charge in [0.15, 0.2) is 0 Å². The minimum atomic E-state index is -4.34. The number of nitrogens with zero attached hydrogens (tertiary/aromatic N) is 1. The van der Waals surface area contributed by atoms with Gasteiger partial charge < -0.3 is 19.8 Å². The van der Waals surface area contributed by atoms with E-state index in [4.69, 9.17) is 9.05 Å². The molecule has 9 heteroatoms. The van der Waals surface area contributed by atoms with E-state index in [2.05, 4.69) is 19.2 Å². The summed E-state index contributed by atoms with van der Waals surface area (Å²) in [5.41, 5.74) is 0. The van der Waals surface area contributed by atoms with Gasteiger partial charge in [-0.05, 0) is 19.3 Å². The van der Waals surface area contributed by atoms with Crippen LogP contribution in [0.2, 0.25) is 0 Å². The number of nitrogens with one attached hydrogen (secondary N) is 1. The van der Waals surface area contributed by atoms with Crippen molar-refractivity contribution in [2.24, 2.45) is 0 Å². The lowest BCUT2D eigenvalue weighted by Crippen LogP contribution is -2.45. The standard InChI is InChI=1S/C55H111N2O6P/c1-6-8-10-12-14-16-18-20-22-23-24-25-26-27-28-29-30-31-32-33-35-37-39-41-43-45-47-49-55(59)56-53(52-63-64(60,61)62-51-50-57(3,4)5)54(58)48-46-44-42-40-38-36-34-21-19-17-15-13-11-9-7-2/h46,48,53-54,58H,6-45,47,49-52H2,1-5H3,(H-,56,59,60,61)/p+1/b48-46+. The monoisotopic (exact) mass is 928 g/mol. The van der Waals surface area contributed by atoms with Crippen LogP contribution < -0.4 is 5.32 Å². The average molecular weight is 928 g/mol. The Morgan fingerprint density at radius 2 is 0.828 bits per heavy atom. The van der Waals surface area contributed by atoms with E-state index in [0.717, 1.165) is 32.1 Å². The zero-order valence-corrected chi connectivity index (χ0v) is 44.4. The van der Waals surface area contributed by atoms with Gasteiger partial charge in [0.1, 0.15) is 13.2 Å². The first-order valence-electron chi connectivity index (χ1n) is 28.1. The highest BCUT2D eigenvalue weighted by Crippen LogP contribution is 2.43. The lowest BCUT2D eigenvalue weighted by Gasteiger charge is -2.25. The Bertz CT molecular complexity index is 1050. The summed E-state index contributed by atoms with van der Waals surface area (Å²) in [4.78, 5) is 23.3. The van der Waals surface area contributed by atoms with Gasteiger partial charge in [-0.15, -0.1) is 0 Å². The second-order valence-electron chi connectivity index (χ2n) is 20.7. The van der Waals surface area contributed by atoms with E-state index in [-0.39, 0.29) is 19.1 Å². The van der Waals surface area contributed by atoms with Gasteiger partial charge in [0.25, 0.3) is 0 Å². The minimum Gasteiger partial charge on any atom is -0.387 e. The molecule has 0 saturated heterocycles. The first kappa shape index (κ1) is 63.2. The SMILES string of the molecule is CCCCCCCCCCCCCCC/C=C/C(O)C(COP(=O)(O)OCC[N+](C)(C)C)NC(=O)CCCCCCCCCCCCCCCCCCCCCCCCCCCCC. The van der Waals surface area contributed by atoms with Crippen molar-refractivity contribution in [3.63, 3.8) is 0 Å². The molecule has 0 aromatic carbocycles. The number of aliphatic hydroxyl groups is 1. The fourth-order valence-electron chi connectivity index (χ4n) is 8.57. The number of carbonyl (C=O) groups is 1. The second-order valence-corrected chi connectivity index (χ2v) is 22.1. The quantitative estimate of drug-likeness (QED) is 0.0243. The van der Waals surface area contributed by atoms with Crippen molar-refractivity contribution in [3.8, 4) is 0 Å². The number of carbonyl (C=O) groups excluding carboxylic acids is 1. The third kappa shape index (κ3) is 49.2. The summed E-state index contributed by atoms with van der Waals surface area (Å²) < 4.78 is 23.7. The van der Waals surface area contributed by atoms with E-state index < -0.39 is 20.0 Å². The van der Waals surface area contributed by atoms with E-state index >= 15 is 0 Å². The number of hydrogen-bond donors (Lipinski definition) is 3. The van der Waals surface area contributed by atoms with Gasteiger partial charge in [-0.2, -0.15) is 0 Å². The highest BCUT2D eigenvalue weighted by atomic mass is 31.2. The van der Waals surface area contributed by atoms with Crippen LogP contribution in [0.3, 0.4) is 0 Å². The predicted molar refractivity (Wildman–Crippen MR) is 277 cm³/mol. The molecule has 0 heterocycles. The van der Waals surface area contributed by atoms with Crippen LogP contribution >= 0.6 is 7.82 Å². The molecule has 0 radical (unpaired) electrons. The lowest BCUT2D eigenvalue weighted by molar-refractivity contribution is -0.870. The van der Waals surface area contributed by atoms with Gasteiger partial charge in [0.05, 0.1) is 39.9 Å². The number of phosphoric ester groups is 1. The maximum atomic E-state index is 13.0. The van der Waals surface area contributed by atoms with E-state index in [0.29, 0.717) is 17.4 Å². The number of quaternary nitrogens is 1. The molecule has 0 saturated carbocycles. The van der Waals surface area contributed by atoms with Crippen molar-refractivity contribution in [2.75, 3.05) is 40.9 Å². The van der Waals surface area contributed by atoms with Crippen molar-refractivity contribution in [2.45, 2.75) is 296 Å². The molecule has 382 valence electrons. The number of allylic oxidation sites excluding steroid dienone is 1. The summed E-state index contributed by atoms with van der Waals surface area (Å²) in [7, 11) is 1.59. The molecular weight excluding hydrogens is 816 g/mol. The van der Waals surface area contributed by atoms with Gasteiger partial charge >= 0.3 is 7.82 Å². The molecule has 0 fully saturated rings. The van der Waals surface area contributed by atoms with Crippen LogP contribution in [0.1, 0.15) is 284 Å². The molecule has 3 unspecified atom stereocenters. The van der Waals surface area contributed by atoms with E-state index in [1.807, 2.05) is 27.2 Å². The Kier molecular flexibility index (Phi) is 46.8. The van der Waals surface area contributed by atoms with Crippen LogP contribution in [0.5, 0.6) is 0 Å². The number of amides is 1. The van der Waals surface area contributed by atoms with Crippen molar-refractivity contribution in [1.82, 2.24) is 5.32 Å². The van der Waals surface area contributed by atoms with Gasteiger partial charge in [-0.1, -0.05) is 270 Å². The summed E-state index contributed by atoms with van der Waals surface area (Å²) in [5, 5.41) is 13.9. The Labute approximate surface area is 399 Å². The van der Waals surface area contributed by atoms with Crippen molar-refractivity contribution < 1.29 is 32.9 Å². The Morgan fingerprint density at radius 3 is 1.16 bits per heavy atom. The maximum Gasteiger partial charge on any atom is 0.472 e. The number of rotatable bonds is 52. The predicted octanol–water partition coefficient (Wildman–Crippen LogP) is 16.7. The number of hydrogen-bond acceptors (Lipinski definition) is 5. The molecule has 0 aliphatic carbocycles. The van der Waals surface area contributed by atoms with E-state index in [1.165, 1.54) is 231 Å². The second kappa shape index (κ2) is 47.3. The largest absolute Gasteiger partial charge is 0.472 e. The Hall–Kier alpha value is -0.760. The van der Waals surface area contributed by atoms with Gasteiger partial charge in [0, 0.05) is 6.42 Å². The van der Waals surface area contributed by atoms with Crippen molar-refractivity contribution >= 4 is 13.7 Å². The number of aliphatic hydroxyl groups excluding tert-OH is 1. The fourth-order valence-corrected chi connectivity index (χ4v) is 9.31. The Balaban J connectivity index is 4.10. The zero-order valence-electron chi connectivity index (χ0n) is 43.6.